The maximum atomic E-state index is 10.7. The summed E-state index contributed by atoms with van der Waals surface area (Å²) >= 11 is 1.07. The van der Waals surface area contributed by atoms with Crippen molar-refractivity contribution in [2.24, 2.45) is 10.2 Å². The van der Waals surface area contributed by atoms with E-state index in [1.165, 1.54) is 18.2 Å². The van der Waals surface area contributed by atoms with Gasteiger partial charge in [0, 0.05) is 17.0 Å². The Balaban J connectivity index is 2.15. The Morgan fingerprint density at radius 2 is 1.82 bits per heavy atom. The van der Waals surface area contributed by atoms with Crippen LogP contribution in [0.5, 0.6) is 0 Å². The third-order valence-corrected chi connectivity index (χ3v) is 3.16. The number of nitriles is 1. The van der Waals surface area contributed by atoms with Gasteiger partial charge in [-0.15, -0.1) is 0 Å². The molecule has 0 bridgehead atoms. The third-order valence-electron chi connectivity index (χ3n) is 2.56. The van der Waals surface area contributed by atoms with E-state index in [4.69, 9.17) is 5.26 Å². The second-order valence-corrected chi connectivity index (χ2v) is 4.90. The number of thioether (sulfide) groups is 1. The van der Waals surface area contributed by atoms with E-state index in [0.717, 1.165) is 16.7 Å². The van der Waals surface area contributed by atoms with Crippen molar-refractivity contribution >= 4 is 17.4 Å². The molecule has 0 saturated carbocycles. The van der Waals surface area contributed by atoms with Gasteiger partial charge in [-0.25, -0.2) is 0 Å². The maximum Gasteiger partial charge on any atom is 0.269 e. The molecule has 7 heteroatoms. The maximum absolute atomic E-state index is 10.7. The van der Waals surface area contributed by atoms with Gasteiger partial charge < -0.3 is 0 Å². The Kier molecular flexibility index (Phi) is 5.40. The summed E-state index contributed by atoms with van der Waals surface area (Å²) in [6.45, 7) is 0. The Morgan fingerprint density at radius 3 is 2.50 bits per heavy atom. The van der Waals surface area contributed by atoms with E-state index in [1.807, 2.05) is 5.40 Å². The molecule has 0 aliphatic heterocycles. The molecule has 22 heavy (non-hydrogen) atoms. The van der Waals surface area contributed by atoms with Crippen molar-refractivity contribution in [2.45, 2.75) is 4.90 Å². The van der Waals surface area contributed by atoms with Crippen molar-refractivity contribution in [2.75, 3.05) is 0 Å². The molecule has 0 radical (unpaired) electrons. The van der Waals surface area contributed by atoms with Crippen molar-refractivity contribution in [3.05, 3.63) is 82.2 Å². The molecule has 0 fully saturated rings. The largest absolute Gasteiger partial charge is 0.269 e. The predicted octanol–water partition coefficient (Wildman–Crippen LogP) is 4.51. The summed E-state index contributed by atoms with van der Waals surface area (Å²) in [7, 11) is 0. The molecule has 0 heterocycles. The summed E-state index contributed by atoms with van der Waals surface area (Å²) in [5.41, 5.74) is 1.11. The fourth-order valence-corrected chi connectivity index (χ4v) is 1.91. The van der Waals surface area contributed by atoms with Crippen LogP contribution in [-0.4, -0.2) is 4.92 Å². The molecule has 2 rings (SSSR count). The number of thiocyanates is 1. The summed E-state index contributed by atoms with van der Waals surface area (Å²) < 4.78 is 0. The molecule has 6 nitrogen and oxygen atoms in total. The molecule has 1 aromatic rings. The lowest BCUT2D eigenvalue weighted by atomic mass is 10.2. The SMILES string of the molecule is N#CSc1ccc(N=NC2=C/C=C([N+](=O)[O-])\C=C/C=C\2)cc1. The quantitative estimate of drug-likeness (QED) is 0.269. The fourth-order valence-electron chi connectivity index (χ4n) is 1.53. The predicted molar refractivity (Wildman–Crippen MR) is 83.9 cm³/mol. The molecule has 0 saturated heterocycles. The van der Waals surface area contributed by atoms with Crippen LogP contribution in [0.15, 0.2) is 87.2 Å². The topological polar surface area (TPSA) is 91.7 Å². The van der Waals surface area contributed by atoms with Crippen LogP contribution in [0, 0.1) is 20.8 Å². The molecule has 0 aromatic heterocycles. The molecule has 0 N–H and O–H groups in total. The van der Waals surface area contributed by atoms with Crippen LogP contribution in [-0.2, 0) is 0 Å². The molecule has 1 aromatic carbocycles. The smallest absolute Gasteiger partial charge is 0.258 e. The number of rotatable bonds is 4. The van der Waals surface area contributed by atoms with Crippen molar-refractivity contribution in [1.82, 2.24) is 0 Å². The van der Waals surface area contributed by atoms with Crippen molar-refractivity contribution < 1.29 is 4.92 Å². The summed E-state index contributed by atoms with van der Waals surface area (Å²) in [6, 6.07) is 7.04. The van der Waals surface area contributed by atoms with E-state index in [0.29, 0.717) is 11.4 Å². The first-order chi connectivity index (χ1) is 10.7. The molecular formula is C15H10N4O2S. The lowest BCUT2D eigenvalue weighted by Gasteiger charge is -1.96. The number of nitrogens with zero attached hydrogens (tertiary/aromatic N) is 4. The average molecular weight is 310 g/mol. The van der Waals surface area contributed by atoms with Crippen molar-refractivity contribution in [3.63, 3.8) is 0 Å². The van der Waals surface area contributed by atoms with Gasteiger partial charge in [-0.3, -0.25) is 10.1 Å². The zero-order valence-corrected chi connectivity index (χ0v) is 12.1. The number of hydrogen-bond acceptors (Lipinski definition) is 6. The summed E-state index contributed by atoms with van der Waals surface area (Å²) in [5.74, 6) is 0. The number of allylic oxidation sites excluding steroid dienone is 6. The standard InChI is InChI=1S/C15H10N4O2S/c16-11-22-15-9-6-13(7-10-15)18-17-12-3-1-2-4-14(8-5-12)19(20)21/h1-10H/b2-1?,3-1-,4-2-,8-5?,12-3?,12-5+,14-4?,14-8+,18-17?. The van der Waals surface area contributed by atoms with E-state index in [9.17, 15) is 10.1 Å². The highest BCUT2D eigenvalue weighted by Gasteiger charge is 2.04. The van der Waals surface area contributed by atoms with Gasteiger partial charge in [0.25, 0.3) is 5.70 Å². The van der Waals surface area contributed by atoms with E-state index in [1.54, 1.807) is 42.5 Å². The first-order valence-corrected chi connectivity index (χ1v) is 6.99. The van der Waals surface area contributed by atoms with Crippen LogP contribution in [0.25, 0.3) is 0 Å². The minimum atomic E-state index is -0.466. The van der Waals surface area contributed by atoms with Gasteiger partial charge in [0.05, 0.1) is 16.3 Å². The van der Waals surface area contributed by atoms with E-state index < -0.39 is 4.92 Å². The lowest BCUT2D eigenvalue weighted by molar-refractivity contribution is -0.419. The minimum Gasteiger partial charge on any atom is -0.258 e. The fraction of sp³-hybridized carbons (Fsp3) is 0. The number of nitro groups is 1. The highest BCUT2D eigenvalue weighted by atomic mass is 32.2. The molecule has 1 aliphatic rings. The van der Waals surface area contributed by atoms with Crippen LogP contribution < -0.4 is 0 Å². The highest BCUT2D eigenvalue weighted by Crippen LogP contribution is 2.21. The van der Waals surface area contributed by atoms with Crippen LogP contribution >= 0.6 is 11.8 Å². The Hall–Kier alpha value is -2.98. The van der Waals surface area contributed by atoms with Gasteiger partial charge in [0.1, 0.15) is 5.40 Å². The zero-order valence-electron chi connectivity index (χ0n) is 11.3. The van der Waals surface area contributed by atoms with E-state index in [-0.39, 0.29) is 5.70 Å². The summed E-state index contributed by atoms with van der Waals surface area (Å²) in [5, 5.41) is 29.4. The number of benzene rings is 1. The van der Waals surface area contributed by atoms with Gasteiger partial charge >= 0.3 is 0 Å². The highest BCUT2D eigenvalue weighted by molar-refractivity contribution is 8.03. The third kappa shape index (κ3) is 4.54. The van der Waals surface area contributed by atoms with Crippen molar-refractivity contribution in [3.8, 4) is 5.40 Å². The molecule has 0 spiro atoms. The Labute approximate surface area is 131 Å². The lowest BCUT2D eigenvalue weighted by Crippen LogP contribution is -1.95. The average Bonchev–Trinajstić information content (AvgIpc) is 2.48. The van der Waals surface area contributed by atoms with Crippen LogP contribution in [0.4, 0.5) is 5.69 Å². The number of azo groups is 1. The van der Waals surface area contributed by atoms with Crippen LogP contribution in [0.3, 0.4) is 0 Å². The summed E-state index contributed by atoms with van der Waals surface area (Å²) in [6.07, 6.45) is 9.25. The van der Waals surface area contributed by atoms with E-state index in [2.05, 4.69) is 10.2 Å². The van der Waals surface area contributed by atoms with E-state index >= 15 is 0 Å². The van der Waals surface area contributed by atoms with Gasteiger partial charge in [-0.1, -0.05) is 12.2 Å². The first-order valence-electron chi connectivity index (χ1n) is 6.18. The Bertz CT molecular complexity index is 753. The first kappa shape index (κ1) is 15.4. The van der Waals surface area contributed by atoms with Gasteiger partial charge in [0.15, 0.2) is 0 Å². The van der Waals surface area contributed by atoms with Crippen molar-refractivity contribution in [1.29, 1.82) is 5.26 Å². The monoisotopic (exact) mass is 310 g/mol. The molecule has 1 aliphatic carbocycles. The normalized spacial score (nSPS) is 21.6. The molecule has 108 valence electrons. The second kappa shape index (κ2) is 7.71. The molecule has 0 unspecified atom stereocenters. The van der Waals surface area contributed by atoms with Gasteiger partial charge in [0.2, 0.25) is 0 Å². The van der Waals surface area contributed by atoms with Crippen LogP contribution in [0.2, 0.25) is 0 Å². The minimum absolute atomic E-state index is 0.0186. The number of hydrogen-bond donors (Lipinski definition) is 0. The summed E-state index contributed by atoms with van der Waals surface area (Å²) in [4.78, 5) is 11.1. The Morgan fingerprint density at radius 1 is 1.09 bits per heavy atom. The second-order valence-electron chi connectivity index (χ2n) is 4.05. The molecule has 0 atom stereocenters. The molecular weight excluding hydrogens is 300 g/mol. The van der Waals surface area contributed by atoms with Gasteiger partial charge in [-0.05, 0) is 48.2 Å². The molecule has 0 amide bonds. The van der Waals surface area contributed by atoms with Gasteiger partial charge in [-0.2, -0.15) is 15.5 Å². The zero-order chi connectivity index (χ0) is 15.8. The van der Waals surface area contributed by atoms with Crippen LogP contribution in [0.1, 0.15) is 0 Å².